The van der Waals surface area contributed by atoms with Gasteiger partial charge in [-0.1, -0.05) is 0 Å². The quantitative estimate of drug-likeness (QED) is 0.442. The van der Waals surface area contributed by atoms with Crippen molar-refractivity contribution in [2.75, 3.05) is 17.7 Å². The fraction of sp³-hybridized carbons (Fsp3) is 0.200. The van der Waals surface area contributed by atoms with Crippen molar-refractivity contribution in [1.82, 2.24) is 15.3 Å². The lowest BCUT2D eigenvalue weighted by atomic mass is 10.5. The number of anilines is 2. The second kappa shape index (κ2) is 1.88. The van der Waals surface area contributed by atoms with Crippen LogP contribution < -0.4 is 21.9 Å². The van der Waals surface area contributed by atoms with Crippen molar-refractivity contribution in [3.8, 4) is 0 Å². The molecule has 0 fully saturated rings. The summed E-state index contributed by atoms with van der Waals surface area (Å²) in [5.74, 6) is 0.574. The molecule has 0 saturated carbocycles. The molecule has 0 spiro atoms. The van der Waals surface area contributed by atoms with Crippen molar-refractivity contribution >= 4 is 17.5 Å². The highest BCUT2D eigenvalue weighted by Crippen LogP contribution is 2.18. The van der Waals surface area contributed by atoms with Gasteiger partial charge in [0.25, 0.3) is 5.56 Å². The first kappa shape index (κ1) is 6.02. The Labute approximate surface area is 61.8 Å². The molecule has 0 saturated heterocycles. The van der Waals surface area contributed by atoms with Crippen LogP contribution >= 0.6 is 0 Å². The van der Waals surface area contributed by atoms with Gasteiger partial charge in [-0.15, -0.1) is 0 Å². The molecule has 1 aromatic heterocycles. The smallest absolute Gasteiger partial charge is 0.280 e. The number of aromatic nitrogens is 2. The van der Waals surface area contributed by atoms with E-state index >= 15 is 0 Å². The van der Waals surface area contributed by atoms with E-state index in [-0.39, 0.29) is 11.5 Å². The van der Waals surface area contributed by atoms with Crippen molar-refractivity contribution in [3.63, 3.8) is 0 Å². The Kier molecular flexibility index (Phi) is 1.03. The Bertz CT molecular complexity index is 343. The van der Waals surface area contributed by atoms with Gasteiger partial charge in [-0.2, -0.15) is 4.98 Å². The summed E-state index contributed by atoms with van der Waals surface area (Å²) in [5.41, 5.74) is 5.32. The number of H-pyrrole nitrogens is 1. The summed E-state index contributed by atoms with van der Waals surface area (Å²) < 4.78 is 0. The third-order valence-electron chi connectivity index (χ3n) is 1.40. The molecule has 0 amide bonds. The van der Waals surface area contributed by atoms with E-state index in [1.807, 2.05) is 0 Å². The summed E-state index contributed by atoms with van der Waals surface area (Å²) in [6.07, 6.45) is 0. The van der Waals surface area contributed by atoms with Gasteiger partial charge in [-0.25, -0.2) is 0 Å². The average molecular weight is 152 g/mol. The SMILES string of the molecule is Nc1nc2c(c(=O)[nH]1)[N]CN2. The number of hydrogen-bond donors (Lipinski definition) is 3. The standard InChI is InChI=1S/C5H6N5O/c6-5-9-3-2(4(11)10-5)7-1-8-3/h1H2,(H4,6,8,9,10,11). The van der Waals surface area contributed by atoms with Gasteiger partial charge in [0.05, 0.1) is 0 Å². The maximum atomic E-state index is 11.0. The Balaban J connectivity index is 2.70. The Morgan fingerprint density at radius 3 is 3.18 bits per heavy atom. The first-order valence-corrected chi connectivity index (χ1v) is 3.08. The third kappa shape index (κ3) is 0.794. The topological polar surface area (TPSA) is 97.9 Å². The van der Waals surface area contributed by atoms with Crippen LogP contribution in [0.2, 0.25) is 0 Å². The van der Waals surface area contributed by atoms with Crippen LogP contribution in [0.3, 0.4) is 0 Å². The maximum Gasteiger partial charge on any atom is 0.280 e. The summed E-state index contributed by atoms with van der Waals surface area (Å²) in [6.45, 7) is 0.398. The van der Waals surface area contributed by atoms with Crippen LogP contribution in [-0.2, 0) is 0 Å². The van der Waals surface area contributed by atoms with Gasteiger partial charge < -0.3 is 11.1 Å². The molecule has 1 aliphatic rings. The van der Waals surface area contributed by atoms with Crippen LogP contribution in [-0.4, -0.2) is 16.6 Å². The highest BCUT2D eigenvalue weighted by Gasteiger charge is 2.16. The summed E-state index contributed by atoms with van der Waals surface area (Å²) in [6, 6.07) is 0. The molecule has 0 aromatic carbocycles. The second-order valence-corrected chi connectivity index (χ2v) is 2.14. The summed E-state index contributed by atoms with van der Waals surface area (Å²) in [5, 5.41) is 6.67. The predicted octanol–water partition coefficient (Wildman–Crippen LogP) is -1.03. The zero-order valence-corrected chi connectivity index (χ0v) is 5.59. The Morgan fingerprint density at radius 1 is 1.55 bits per heavy atom. The molecule has 0 unspecified atom stereocenters. The number of nitrogens with zero attached hydrogens (tertiary/aromatic N) is 2. The van der Waals surface area contributed by atoms with E-state index in [0.29, 0.717) is 18.2 Å². The lowest BCUT2D eigenvalue weighted by Gasteiger charge is -1.95. The third-order valence-corrected chi connectivity index (χ3v) is 1.40. The van der Waals surface area contributed by atoms with E-state index in [0.717, 1.165) is 0 Å². The predicted molar refractivity (Wildman–Crippen MR) is 39.6 cm³/mol. The minimum Gasteiger partial charge on any atom is -0.369 e. The maximum absolute atomic E-state index is 11.0. The number of rotatable bonds is 0. The summed E-state index contributed by atoms with van der Waals surface area (Å²) >= 11 is 0. The molecule has 0 atom stereocenters. The highest BCUT2D eigenvalue weighted by atomic mass is 16.1. The number of nitrogens with one attached hydrogen (secondary N) is 2. The van der Waals surface area contributed by atoms with E-state index in [9.17, 15) is 4.79 Å². The Hall–Kier alpha value is -1.72. The van der Waals surface area contributed by atoms with Crippen molar-refractivity contribution in [2.24, 2.45) is 0 Å². The molecular weight excluding hydrogens is 146 g/mol. The van der Waals surface area contributed by atoms with E-state index in [1.165, 1.54) is 0 Å². The number of nitrogens with two attached hydrogens (primary N) is 1. The number of hydrogen-bond acceptors (Lipinski definition) is 4. The van der Waals surface area contributed by atoms with Crippen LogP contribution in [0.5, 0.6) is 0 Å². The largest absolute Gasteiger partial charge is 0.369 e. The number of nitrogen functional groups attached to an aromatic ring is 1. The molecule has 57 valence electrons. The van der Waals surface area contributed by atoms with Gasteiger partial charge in [0, 0.05) is 0 Å². The molecule has 1 aliphatic heterocycles. The molecule has 2 rings (SSSR count). The Morgan fingerprint density at radius 2 is 2.36 bits per heavy atom. The zero-order valence-electron chi connectivity index (χ0n) is 5.59. The number of aromatic amines is 1. The molecule has 11 heavy (non-hydrogen) atoms. The molecule has 4 N–H and O–H groups in total. The van der Waals surface area contributed by atoms with Crippen LogP contribution in [0.15, 0.2) is 4.79 Å². The van der Waals surface area contributed by atoms with Crippen LogP contribution in [0, 0.1) is 0 Å². The molecule has 0 aliphatic carbocycles. The average Bonchev–Trinajstić information content (AvgIpc) is 2.34. The second-order valence-electron chi connectivity index (χ2n) is 2.14. The van der Waals surface area contributed by atoms with Crippen LogP contribution in [0.4, 0.5) is 17.5 Å². The van der Waals surface area contributed by atoms with Gasteiger partial charge in [0.2, 0.25) is 5.95 Å². The van der Waals surface area contributed by atoms with E-state index < -0.39 is 0 Å². The van der Waals surface area contributed by atoms with Gasteiger partial charge >= 0.3 is 0 Å². The first-order chi connectivity index (χ1) is 5.27. The first-order valence-electron chi connectivity index (χ1n) is 3.08. The molecule has 6 nitrogen and oxygen atoms in total. The number of fused-ring (bicyclic) bond motifs is 1. The fourth-order valence-corrected chi connectivity index (χ4v) is 0.948. The molecule has 1 radical (unpaired) electrons. The van der Waals surface area contributed by atoms with Gasteiger partial charge in [0.15, 0.2) is 11.5 Å². The van der Waals surface area contributed by atoms with Crippen molar-refractivity contribution < 1.29 is 0 Å². The zero-order chi connectivity index (χ0) is 7.84. The lowest BCUT2D eigenvalue weighted by Crippen LogP contribution is -2.12. The summed E-state index contributed by atoms with van der Waals surface area (Å²) in [4.78, 5) is 17.2. The van der Waals surface area contributed by atoms with Gasteiger partial charge in [0.1, 0.15) is 6.67 Å². The lowest BCUT2D eigenvalue weighted by molar-refractivity contribution is 0.968. The van der Waals surface area contributed by atoms with Crippen molar-refractivity contribution in [1.29, 1.82) is 0 Å². The van der Waals surface area contributed by atoms with Gasteiger partial charge in [-0.05, 0) is 0 Å². The molecule has 2 heterocycles. The fourth-order valence-electron chi connectivity index (χ4n) is 0.948. The van der Waals surface area contributed by atoms with Crippen LogP contribution in [0.25, 0.3) is 0 Å². The van der Waals surface area contributed by atoms with Crippen molar-refractivity contribution in [2.45, 2.75) is 0 Å². The molecule has 6 heteroatoms. The minimum atomic E-state index is -0.294. The normalized spacial score (nSPS) is 13.5. The van der Waals surface area contributed by atoms with E-state index in [4.69, 9.17) is 5.73 Å². The highest BCUT2D eigenvalue weighted by molar-refractivity contribution is 5.63. The molecule has 0 bridgehead atoms. The van der Waals surface area contributed by atoms with E-state index in [2.05, 4.69) is 20.6 Å². The van der Waals surface area contributed by atoms with E-state index in [1.54, 1.807) is 0 Å². The van der Waals surface area contributed by atoms with Crippen LogP contribution in [0.1, 0.15) is 0 Å². The monoisotopic (exact) mass is 152 g/mol. The van der Waals surface area contributed by atoms with Crippen molar-refractivity contribution in [3.05, 3.63) is 10.4 Å². The minimum absolute atomic E-state index is 0.110. The van der Waals surface area contributed by atoms with Gasteiger partial charge in [-0.3, -0.25) is 15.1 Å². The molecular formula is C5H6N5O. The summed E-state index contributed by atoms with van der Waals surface area (Å²) in [7, 11) is 0. The molecule has 1 aromatic rings.